The van der Waals surface area contributed by atoms with Gasteiger partial charge in [0.2, 0.25) is 0 Å². The summed E-state index contributed by atoms with van der Waals surface area (Å²) in [6.07, 6.45) is 2.73. The van der Waals surface area contributed by atoms with E-state index in [9.17, 15) is 4.39 Å². The Labute approximate surface area is 150 Å². The van der Waals surface area contributed by atoms with Crippen molar-refractivity contribution in [2.75, 3.05) is 19.0 Å². The minimum Gasteiger partial charge on any atom is -0.497 e. The summed E-state index contributed by atoms with van der Waals surface area (Å²) in [6.45, 7) is 2.98. The Hall–Kier alpha value is -2.31. The maximum atomic E-state index is 14.4. The summed E-state index contributed by atoms with van der Waals surface area (Å²) in [5.74, 6) is 0.450. The third-order valence-electron chi connectivity index (χ3n) is 3.70. The van der Waals surface area contributed by atoms with Crippen LogP contribution in [0.5, 0.6) is 5.75 Å². The van der Waals surface area contributed by atoms with Gasteiger partial charge in [0.15, 0.2) is 0 Å². The van der Waals surface area contributed by atoms with Crippen molar-refractivity contribution in [2.45, 2.75) is 18.2 Å². The number of anilines is 2. The van der Waals surface area contributed by atoms with Crippen LogP contribution >= 0.6 is 11.9 Å². The predicted octanol–water partition coefficient (Wildman–Crippen LogP) is 5.13. The second kappa shape index (κ2) is 8.18. The summed E-state index contributed by atoms with van der Waals surface area (Å²) in [4.78, 5) is 5.19. The van der Waals surface area contributed by atoms with E-state index < -0.39 is 0 Å². The van der Waals surface area contributed by atoms with Gasteiger partial charge in [0, 0.05) is 34.8 Å². The average Bonchev–Trinajstić information content (AvgIpc) is 2.64. The number of benzene rings is 2. The molecule has 3 aromatic rings. The molecule has 0 saturated heterocycles. The van der Waals surface area contributed by atoms with Gasteiger partial charge in [-0.05, 0) is 54.8 Å². The van der Waals surface area contributed by atoms with Gasteiger partial charge in [0.05, 0.1) is 18.3 Å². The highest BCUT2D eigenvalue weighted by Crippen LogP contribution is 2.30. The Morgan fingerprint density at radius 2 is 2.00 bits per heavy atom. The van der Waals surface area contributed by atoms with Crippen LogP contribution < -0.4 is 14.8 Å². The van der Waals surface area contributed by atoms with Gasteiger partial charge in [-0.3, -0.25) is 9.71 Å². The topological polar surface area (TPSA) is 46.2 Å². The normalized spacial score (nSPS) is 10.8. The zero-order chi connectivity index (χ0) is 17.6. The number of fused-ring (bicyclic) bond motifs is 1. The number of ether oxygens (including phenoxy) is 1. The van der Waals surface area contributed by atoms with Crippen molar-refractivity contribution in [3.63, 3.8) is 0 Å². The molecule has 6 heteroatoms. The van der Waals surface area contributed by atoms with Gasteiger partial charge >= 0.3 is 0 Å². The number of methoxy groups -OCH3 is 1. The van der Waals surface area contributed by atoms with Crippen LogP contribution in [-0.2, 0) is 0 Å². The van der Waals surface area contributed by atoms with Crippen LogP contribution in [0.1, 0.15) is 13.3 Å². The lowest BCUT2D eigenvalue weighted by molar-refractivity contribution is 0.415. The fraction of sp³-hybridized carbons (Fsp3) is 0.211. The van der Waals surface area contributed by atoms with Crippen molar-refractivity contribution < 1.29 is 9.13 Å². The quantitative estimate of drug-likeness (QED) is 0.453. The van der Waals surface area contributed by atoms with Gasteiger partial charge in [-0.15, -0.1) is 0 Å². The summed E-state index contributed by atoms with van der Waals surface area (Å²) >= 11 is 1.44. The second-order valence-electron chi connectivity index (χ2n) is 5.50. The first kappa shape index (κ1) is 17.5. The molecule has 0 spiro atoms. The lowest BCUT2D eigenvalue weighted by Crippen LogP contribution is -2.03. The fourth-order valence-electron chi connectivity index (χ4n) is 2.41. The van der Waals surface area contributed by atoms with Gasteiger partial charge in [-0.25, -0.2) is 4.39 Å². The van der Waals surface area contributed by atoms with Crippen molar-refractivity contribution in [3.05, 3.63) is 54.5 Å². The lowest BCUT2D eigenvalue weighted by atomic mass is 10.1. The molecule has 0 amide bonds. The van der Waals surface area contributed by atoms with Gasteiger partial charge in [-0.1, -0.05) is 6.92 Å². The maximum absolute atomic E-state index is 14.4. The zero-order valence-electron chi connectivity index (χ0n) is 14.2. The molecule has 0 atom stereocenters. The molecule has 0 aliphatic heterocycles. The number of aromatic nitrogens is 1. The second-order valence-corrected chi connectivity index (χ2v) is 6.47. The first-order valence-corrected chi connectivity index (χ1v) is 8.92. The zero-order valence-corrected chi connectivity index (χ0v) is 15.0. The highest BCUT2D eigenvalue weighted by atomic mass is 32.2. The molecular weight excluding hydrogens is 337 g/mol. The number of hydrogen-bond donors (Lipinski definition) is 2. The van der Waals surface area contributed by atoms with Crippen molar-refractivity contribution in [3.8, 4) is 5.75 Å². The van der Waals surface area contributed by atoms with E-state index in [1.165, 1.54) is 18.0 Å². The molecule has 0 unspecified atom stereocenters. The summed E-state index contributed by atoms with van der Waals surface area (Å²) in [7, 11) is 1.62. The predicted molar refractivity (Wildman–Crippen MR) is 102 cm³/mol. The number of pyridine rings is 1. The van der Waals surface area contributed by atoms with Crippen LogP contribution in [0.25, 0.3) is 10.9 Å². The standard InChI is InChI=1S/C19H20FN3OS/c1-3-9-22-25-14-5-7-18(16(20)12-14)23-17-8-10-21-19-11-13(24-2)4-6-15(17)19/h4-8,10-12,22H,3,9H2,1-2H3,(H,21,23). The first-order valence-electron chi connectivity index (χ1n) is 8.10. The number of nitrogens with zero attached hydrogens (tertiary/aromatic N) is 1. The molecule has 1 aromatic heterocycles. The van der Waals surface area contributed by atoms with Crippen LogP contribution in [0.3, 0.4) is 0 Å². The molecule has 2 aromatic carbocycles. The van der Waals surface area contributed by atoms with Crippen LogP contribution in [0.4, 0.5) is 15.8 Å². The summed E-state index contributed by atoms with van der Waals surface area (Å²) in [5.41, 5.74) is 2.03. The molecule has 0 aliphatic rings. The Balaban J connectivity index is 1.83. The summed E-state index contributed by atoms with van der Waals surface area (Å²) in [6, 6.07) is 12.6. The van der Waals surface area contributed by atoms with Gasteiger partial charge in [-0.2, -0.15) is 0 Å². The van der Waals surface area contributed by atoms with Crippen molar-refractivity contribution in [1.82, 2.24) is 9.71 Å². The highest BCUT2D eigenvalue weighted by molar-refractivity contribution is 7.97. The molecule has 0 bridgehead atoms. The molecule has 2 N–H and O–H groups in total. The Bertz CT molecular complexity index is 872. The Kier molecular flexibility index (Phi) is 5.73. The Morgan fingerprint density at radius 3 is 2.76 bits per heavy atom. The molecule has 0 fully saturated rings. The van der Waals surface area contributed by atoms with E-state index in [2.05, 4.69) is 21.9 Å². The molecular formula is C19H20FN3OS. The molecule has 3 rings (SSSR count). The van der Waals surface area contributed by atoms with E-state index in [1.54, 1.807) is 19.4 Å². The number of nitrogens with one attached hydrogen (secondary N) is 2. The monoisotopic (exact) mass is 357 g/mol. The molecule has 4 nitrogen and oxygen atoms in total. The number of hydrogen-bond acceptors (Lipinski definition) is 5. The maximum Gasteiger partial charge on any atom is 0.147 e. The largest absolute Gasteiger partial charge is 0.497 e. The lowest BCUT2D eigenvalue weighted by Gasteiger charge is -2.12. The number of halogens is 1. The van der Waals surface area contributed by atoms with Crippen LogP contribution in [-0.4, -0.2) is 18.6 Å². The van der Waals surface area contributed by atoms with Gasteiger partial charge in [0.25, 0.3) is 0 Å². The van der Waals surface area contributed by atoms with Crippen LogP contribution in [0, 0.1) is 5.82 Å². The molecule has 0 radical (unpaired) electrons. The highest BCUT2D eigenvalue weighted by Gasteiger charge is 2.08. The third-order valence-corrected chi connectivity index (χ3v) is 4.54. The van der Waals surface area contributed by atoms with Crippen LogP contribution in [0.2, 0.25) is 0 Å². The number of rotatable bonds is 7. The van der Waals surface area contributed by atoms with Crippen molar-refractivity contribution in [1.29, 1.82) is 0 Å². The van der Waals surface area contributed by atoms with Gasteiger partial charge < -0.3 is 10.1 Å². The SMILES string of the molecule is CCCNSc1ccc(Nc2ccnc3cc(OC)ccc23)c(F)c1. The molecule has 0 saturated carbocycles. The van der Waals surface area contributed by atoms with E-state index in [0.717, 1.165) is 40.2 Å². The molecule has 25 heavy (non-hydrogen) atoms. The van der Waals surface area contributed by atoms with Crippen LogP contribution in [0.15, 0.2) is 53.6 Å². The smallest absolute Gasteiger partial charge is 0.147 e. The van der Waals surface area contributed by atoms with Crippen molar-refractivity contribution in [2.24, 2.45) is 0 Å². The fourth-order valence-corrected chi connectivity index (χ4v) is 3.18. The van der Waals surface area contributed by atoms with E-state index in [-0.39, 0.29) is 5.82 Å². The minimum absolute atomic E-state index is 0.290. The van der Waals surface area contributed by atoms with E-state index in [1.807, 2.05) is 30.3 Å². The first-order chi connectivity index (χ1) is 12.2. The van der Waals surface area contributed by atoms with Gasteiger partial charge in [0.1, 0.15) is 11.6 Å². The van der Waals surface area contributed by atoms with Crippen molar-refractivity contribution >= 4 is 34.2 Å². The average molecular weight is 357 g/mol. The molecule has 0 aliphatic carbocycles. The molecule has 130 valence electrons. The summed E-state index contributed by atoms with van der Waals surface area (Å²) < 4.78 is 22.8. The van der Waals surface area contributed by atoms with E-state index >= 15 is 0 Å². The molecule has 1 heterocycles. The minimum atomic E-state index is -0.290. The Morgan fingerprint density at radius 1 is 1.12 bits per heavy atom. The van der Waals surface area contributed by atoms with E-state index in [0.29, 0.717) is 5.69 Å². The third kappa shape index (κ3) is 4.21. The van der Waals surface area contributed by atoms with E-state index in [4.69, 9.17) is 4.74 Å². The summed E-state index contributed by atoms with van der Waals surface area (Å²) in [5, 5.41) is 4.07.